The number of benzene rings is 1. The van der Waals surface area contributed by atoms with E-state index in [9.17, 15) is 0 Å². The van der Waals surface area contributed by atoms with Gasteiger partial charge in [-0.25, -0.2) is 4.68 Å². The molecule has 0 radical (unpaired) electrons. The molecule has 1 aromatic carbocycles. The van der Waals surface area contributed by atoms with Crippen LogP contribution in [-0.4, -0.2) is 67.6 Å². The highest BCUT2D eigenvalue weighted by atomic mass is 32.1. The molecule has 0 atom stereocenters. The Labute approximate surface area is 198 Å². The fraction of sp³-hybridized carbons (Fsp3) is 0.478. The van der Waals surface area contributed by atoms with Crippen LogP contribution >= 0.6 is 12.2 Å². The van der Waals surface area contributed by atoms with Crippen molar-refractivity contribution >= 4 is 12.2 Å². The van der Waals surface area contributed by atoms with E-state index in [1.165, 1.54) is 12.8 Å². The fourth-order valence-corrected chi connectivity index (χ4v) is 4.41. The molecule has 0 unspecified atom stereocenters. The Balaban J connectivity index is 1.16. The second kappa shape index (κ2) is 9.58. The van der Waals surface area contributed by atoms with E-state index in [0.717, 1.165) is 61.3 Å². The molecule has 2 fully saturated rings. The highest BCUT2D eigenvalue weighted by Gasteiger charge is 2.30. The second-order valence-corrected chi connectivity index (χ2v) is 8.95. The minimum atomic E-state index is 0.557. The van der Waals surface area contributed by atoms with Gasteiger partial charge in [0.25, 0.3) is 0 Å². The molecule has 174 valence electrons. The molecule has 1 saturated heterocycles. The minimum absolute atomic E-state index is 0.557. The van der Waals surface area contributed by atoms with Crippen molar-refractivity contribution < 1.29 is 9.26 Å². The average molecular weight is 468 g/mol. The standard InChI is InChI=1S/C23H29N7O2S/c1-3-10-29-22(18-4-5-18)25-30(23(29)33)16-28-13-11-27(12-14-28)15-20-24-21(26-32-20)17-6-8-19(31-2)9-7-17/h3,6-9,18H,1,4-5,10-16H2,2H3. The SMILES string of the molecule is C=CCn1c(C2CC2)nn(CN2CCN(Cc3nc(-c4ccc(OC)cc4)no3)CC2)c1=S. The number of aromatic nitrogens is 5. The maximum Gasteiger partial charge on any atom is 0.241 e. The van der Waals surface area contributed by atoms with Crippen molar-refractivity contribution in [3.05, 3.63) is 53.4 Å². The van der Waals surface area contributed by atoms with Gasteiger partial charge in [-0.15, -0.1) is 6.58 Å². The highest BCUT2D eigenvalue weighted by Crippen LogP contribution is 2.39. The van der Waals surface area contributed by atoms with Gasteiger partial charge in [-0.3, -0.25) is 14.4 Å². The number of methoxy groups -OCH3 is 1. The molecule has 0 bridgehead atoms. The van der Waals surface area contributed by atoms with Crippen molar-refractivity contribution in [2.45, 2.75) is 38.5 Å². The Morgan fingerprint density at radius 1 is 1.15 bits per heavy atom. The molecule has 0 spiro atoms. The Morgan fingerprint density at radius 3 is 2.55 bits per heavy atom. The summed E-state index contributed by atoms with van der Waals surface area (Å²) in [4.78, 5) is 9.30. The van der Waals surface area contributed by atoms with E-state index in [-0.39, 0.29) is 0 Å². The van der Waals surface area contributed by atoms with Crippen molar-refractivity contribution in [3.63, 3.8) is 0 Å². The van der Waals surface area contributed by atoms with Crippen molar-refractivity contribution in [1.29, 1.82) is 0 Å². The molecule has 0 amide bonds. The Morgan fingerprint density at radius 2 is 1.88 bits per heavy atom. The van der Waals surface area contributed by atoms with E-state index in [1.54, 1.807) is 7.11 Å². The number of nitrogens with zero attached hydrogens (tertiary/aromatic N) is 7. The summed E-state index contributed by atoms with van der Waals surface area (Å²) in [6, 6.07) is 7.65. The highest BCUT2D eigenvalue weighted by molar-refractivity contribution is 7.71. The summed E-state index contributed by atoms with van der Waals surface area (Å²) >= 11 is 5.70. The smallest absolute Gasteiger partial charge is 0.241 e. The largest absolute Gasteiger partial charge is 0.497 e. The Bertz CT molecular complexity index is 1150. The van der Waals surface area contributed by atoms with E-state index in [0.29, 0.717) is 24.2 Å². The van der Waals surface area contributed by atoms with Gasteiger partial charge in [0.1, 0.15) is 11.6 Å². The van der Waals surface area contributed by atoms with E-state index in [4.69, 9.17) is 26.6 Å². The van der Waals surface area contributed by atoms with E-state index in [2.05, 4.69) is 31.1 Å². The molecular weight excluding hydrogens is 438 g/mol. The number of rotatable bonds is 9. The average Bonchev–Trinajstić information content (AvgIpc) is 3.51. The summed E-state index contributed by atoms with van der Waals surface area (Å²) in [6.45, 7) is 9.69. The van der Waals surface area contributed by atoms with Crippen LogP contribution in [0.25, 0.3) is 11.4 Å². The number of hydrogen-bond donors (Lipinski definition) is 0. The summed E-state index contributed by atoms with van der Waals surface area (Å²) in [6.07, 6.45) is 4.30. The van der Waals surface area contributed by atoms with Crippen LogP contribution in [0.3, 0.4) is 0 Å². The summed E-state index contributed by atoms with van der Waals surface area (Å²) in [7, 11) is 1.65. The zero-order chi connectivity index (χ0) is 22.8. The lowest BCUT2D eigenvalue weighted by molar-refractivity contribution is 0.0907. The summed E-state index contributed by atoms with van der Waals surface area (Å²) in [5, 5.41) is 8.98. The topological polar surface area (TPSA) is 77.4 Å². The molecule has 1 aliphatic heterocycles. The number of ether oxygens (including phenoxy) is 1. The van der Waals surface area contributed by atoms with Gasteiger partial charge < -0.3 is 9.26 Å². The molecule has 2 aromatic heterocycles. The molecule has 2 aliphatic rings. The number of hydrogen-bond acceptors (Lipinski definition) is 8. The maximum atomic E-state index is 5.70. The molecule has 3 aromatic rings. The molecule has 33 heavy (non-hydrogen) atoms. The van der Waals surface area contributed by atoms with Crippen LogP contribution in [0.5, 0.6) is 5.75 Å². The molecule has 10 heteroatoms. The Hall–Kier alpha value is -2.82. The third kappa shape index (κ3) is 4.92. The van der Waals surface area contributed by atoms with Crippen LogP contribution in [0.15, 0.2) is 41.4 Å². The summed E-state index contributed by atoms with van der Waals surface area (Å²) in [5.74, 6) is 3.71. The fourth-order valence-electron chi connectivity index (χ4n) is 4.14. The summed E-state index contributed by atoms with van der Waals surface area (Å²) < 4.78 is 15.6. The normalized spacial score (nSPS) is 17.4. The first kappa shape index (κ1) is 22.0. The van der Waals surface area contributed by atoms with Crippen LogP contribution in [0.4, 0.5) is 0 Å². The van der Waals surface area contributed by atoms with Gasteiger partial charge in [-0.05, 0) is 49.3 Å². The lowest BCUT2D eigenvalue weighted by atomic mass is 10.2. The van der Waals surface area contributed by atoms with Crippen molar-refractivity contribution in [3.8, 4) is 17.1 Å². The Kier molecular flexibility index (Phi) is 6.39. The van der Waals surface area contributed by atoms with Crippen LogP contribution < -0.4 is 4.74 Å². The predicted octanol–water partition coefficient (Wildman–Crippen LogP) is 3.31. The first-order valence-corrected chi connectivity index (χ1v) is 11.8. The number of piperazine rings is 1. The monoisotopic (exact) mass is 467 g/mol. The van der Waals surface area contributed by atoms with Crippen molar-refractivity contribution in [2.24, 2.45) is 0 Å². The first-order valence-electron chi connectivity index (χ1n) is 11.3. The van der Waals surface area contributed by atoms with Gasteiger partial charge in [-0.2, -0.15) is 10.1 Å². The van der Waals surface area contributed by atoms with Crippen LogP contribution in [0.1, 0.15) is 30.5 Å². The molecule has 3 heterocycles. The molecule has 0 N–H and O–H groups in total. The third-order valence-electron chi connectivity index (χ3n) is 6.18. The number of allylic oxidation sites excluding steroid dienone is 1. The van der Waals surface area contributed by atoms with Gasteiger partial charge in [0.15, 0.2) is 4.77 Å². The van der Waals surface area contributed by atoms with Crippen LogP contribution in [-0.2, 0) is 19.8 Å². The second-order valence-electron chi connectivity index (χ2n) is 8.59. The molecule has 9 nitrogen and oxygen atoms in total. The van der Waals surface area contributed by atoms with Crippen molar-refractivity contribution in [1.82, 2.24) is 34.3 Å². The lowest BCUT2D eigenvalue weighted by Crippen LogP contribution is -2.46. The predicted molar refractivity (Wildman–Crippen MR) is 126 cm³/mol. The van der Waals surface area contributed by atoms with Gasteiger partial charge >= 0.3 is 0 Å². The molecular formula is C23H29N7O2S. The van der Waals surface area contributed by atoms with Gasteiger partial charge in [-0.1, -0.05) is 11.2 Å². The summed E-state index contributed by atoms with van der Waals surface area (Å²) in [5.41, 5.74) is 0.911. The van der Waals surface area contributed by atoms with Crippen LogP contribution in [0, 0.1) is 4.77 Å². The zero-order valence-electron chi connectivity index (χ0n) is 18.9. The molecule has 1 aliphatic carbocycles. The van der Waals surface area contributed by atoms with Gasteiger partial charge in [0.05, 0.1) is 20.3 Å². The minimum Gasteiger partial charge on any atom is -0.497 e. The molecule has 1 saturated carbocycles. The zero-order valence-corrected chi connectivity index (χ0v) is 19.7. The van der Waals surface area contributed by atoms with E-state index in [1.807, 2.05) is 35.0 Å². The molecule has 5 rings (SSSR count). The van der Waals surface area contributed by atoms with Crippen LogP contribution in [0.2, 0.25) is 0 Å². The first-order chi connectivity index (χ1) is 16.1. The third-order valence-corrected chi connectivity index (χ3v) is 6.61. The van der Waals surface area contributed by atoms with Gasteiger partial charge in [0.2, 0.25) is 11.7 Å². The van der Waals surface area contributed by atoms with E-state index < -0.39 is 0 Å². The quantitative estimate of drug-likeness (QED) is 0.350. The lowest BCUT2D eigenvalue weighted by Gasteiger charge is -2.33. The van der Waals surface area contributed by atoms with Gasteiger partial charge in [0, 0.05) is 44.2 Å². The maximum absolute atomic E-state index is 5.70. The van der Waals surface area contributed by atoms with Crippen molar-refractivity contribution in [2.75, 3.05) is 33.3 Å². The van der Waals surface area contributed by atoms with E-state index >= 15 is 0 Å².